The van der Waals surface area contributed by atoms with Crippen LogP contribution in [-0.2, 0) is 0 Å². The summed E-state index contributed by atoms with van der Waals surface area (Å²) in [6.45, 7) is 3.52. The van der Waals surface area contributed by atoms with Gasteiger partial charge in [0.1, 0.15) is 5.75 Å². The molecule has 0 amide bonds. The van der Waals surface area contributed by atoms with E-state index in [1.165, 1.54) is 12.8 Å². The first-order valence-electron chi connectivity index (χ1n) is 5.87. The molecule has 0 spiro atoms. The second-order valence-corrected chi connectivity index (χ2v) is 3.78. The second kappa shape index (κ2) is 10.5. The van der Waals surface area contributed by atoms with Crippen LogP contribution in [0.5, 0.6) is 5.75 Å². The molecule has 0 heterocycles. The molecule has 1 aromatic carbocycles. The van der Waals surface area contributed by atoms with Crippen LogP contribution in [0.1, 0.15) is 31.2 Å². The molecule has 0 atom stereocenters. The van der Waals surface area contributed by atoms with Gasteiger partial charge >= 0.3 is 0 Å². The average Bonchev–Trinajstić information content (AvgIpc) is 2.30. The van der Waals surface area contributed by atoms with Gasteiger partial charge in [0.05, 0.1) is 0 Å². The minimum Gasteiger partial charge on any atom is -0.508 e. The fourth-order valence-electron chi connectivity index (χ4n) is 1.21. The number of rotatable bonds is 5. The fourth-order valence-corrected chi connectivity index (χ4v) is 1.21. The highest BCUT2D eigenvalue weighted by molar-refractivity contribution is 5.29. The van der Waals surface area contributed by atoms with E-state index < -0.39 is 0 Å². The molecule has 3 heteroatoms. The average molecular weight is 224 g/mol. The van der Waals surface area contributed by atoms with Crippen molar-refractivity contribution in [3.63, 3.8) is 0 Å². The number of phenols is 1. The summed E-state index contributed by atoms with van der Waals surface area (Å²) in [5.41, 5.74) is 11.5. The molecule has 5 N–H and O–H groups in total. The van der Waals surface area contributed by atoms with Crippen molar-refractivity contribution in [2.24, 2.45) is 11.5 Å². The van der Waals surface area contributed by atoms with E-state index in [1.807, 2.05) is 25.1 Å². The van der Waals surface area contributed by atoms with Crippen LogP contribution in [0.2, 0.25) is 0 Å². The number of aromatic hydroxyl groups is 1. The Labute approximate surface area is 98.5 Å². The number of hydrogen-bond donors (Lipinski definition) is 3. The van der Waals surface area contributed by atoms with E-state index in [-0.39, 0.29) is 0 Å². The molecule has 0 aromatic heterocycles. The van der Waals surface area contributed by atoms with Crippen molar-refractivity contribution in [2.45, 2.75) is 32.6 Å². The van der Waals surface area contributed by atoms with Crippen LogP contribution < -0.4 is 11.5 Å². The van der Waals surface area contributed by atoms with Crippen LogP contribution in [0.15, 0.2) is 24.3 Å². The van der Waals surface area contributed by atoms with Crippen molar-refractivity contribution in [2.75, 3.05) is 13.1 Å². The Morgan fingerprint density at radius 1 is 0.938 bits per heavy atom. The molecule has 0 saturated carbocycles. The molecule has 1 aromatic rings. The lowest BCUT2D eigenvalue weighted by Gasteiger charge is -1.94. The van der Waals surface area contributed by atoms with Crippen LogP contribution in [0.4, 0.5) is 0 Å². The van der Waals surface area contributed by atoms with Gasteiger partial charge in [-0.05, 0) is 44.5 Å². The predicted octanol–water partition coefficient (Wildman–Crippen LogP) is 2.16. The van der Waals surface area contributed by atoms with Gasteiger partial charge in [0.15, 0.2) is 0 Å². The molecule has 0 aliphatic heterocycles. The van der Waals surface area contributed by atoms with E-state index in [1.54, 1.807) is 6.07 Å². The maximum absolute atomic E-state index is 8.92. The van der Waals surface area contributed by atoms with Crippen LogP contribution in [-0.4, -0.2) is 18.2 Å². The molecule has 92 valence electrons. The zero-order valence-electron chi connectivity index (χ0n) is 10.2. The number of hydrogen-bond acceptors (Lipinski definition) is 3. The summed E-state index contributed by atoms with van der Waals surface area (Å²) in [7, 11) is 0. The Bertz CT molecular complexity index is 237. The highest BCUT2D eigenvalue weighted by Crippen LogP contribution is 2.12. The summed E-state index contributed by atoms with van der Waals surface area (Å²) >= 11 is 0. The van der Waals surface area contributed by atoms with Crippen molar-refractivity contribution in [3.05, 3.63) is 29.8 Å². The van der Waals surface area contributed by atoms with Gasteiger partial charge < -0.3 is 16.6 Å². The van der Waals surface area contributed by atoms with Gasteiger partial charge in [-0.3, -0.25) is 0 Å². The number of aryl methyl sites for hydroxylation is 1. The molecule has 0 aliphatic rings. The molecule has 1 rings (SSSR count). The maximum Gasteiger partial charge on any atom is 0.118 e. The van der Waals surface area contributed by atoms with Crippen molar-refractivity contribution in [3.8, 4) is 5.75 Å². The quantitative estimate of drug-likeness (QED) is 0.671. The Kier molecular flexibility index (Phi) is 9.76. The summed E-state index contributed by atoms with van der Waals surface area (Å²) in [5.74, 6) is 0.368. The predicted molar refractivity (Wildman–Crippen MR) is 69.4 cm³/mol. The Balaban J connectivity index is 0.000000281. The number of phenolic OH excluding ortho intramolecular Hbond substituents is 1. The second-order valence-electron chi connectivity index (χ2n) is 3.78. The number of nitrogens with two attached hydrogens (primary N) is 2. The van der Waals surface area contributed by atoms with Gasteiger partial charge in [0.25, 0.3) is 0 Å². The largest absolute Gasteiger partial charge is 0.508 e. The van der Waals surface area contributed by atoms with Crippen molar-refractivity contribution >= 4 is 0 Å². The molecule has 0 unspecified atom stereocenters. The van der Waals surface area contributed by atoms with Gasteiger partial charge in [-0.15, -0.1) is 0 Å². The monoisotopic (exact) mass is 224 g/mol. The van der Waals surface area contributed by atoms with Gasteiger partial charge in [-0.25, -0.2) is 0 Å². The lowest BCUT2D eigenvalue weighted by atomic mass is 10.2. The first-order valence-corrected chi connectivity index (χ1v) is 5.87. The number of para-hydroxylation sites is 1. The first kappa shape index (κ1) is 14.9. The van der Waals surface area contributed by atoms with Gasteiger partial charge in [-0.2, -0.15) is 0 Å². The van der Waals surface area contributed by atoms with Crippen molar-refractivity contribution < 1.29 is 5.11 Å². The van der Waals surface area contributed by atoms with Crippen LogP contribution in [0, 0.1) is 6.92 Å². The summed E-state index contributed by atoms with van der Waals surface area (Å²) in [6.07, 6.45) is 4.79. The Hall–Kier alpha value is -1.06. The third-order valence-electron chi connectivity index (χ3n) is 2.27. The number of benzene rings is 1. The number of unbranched alkanes of at least 4 members (excludes halogenated alkanes) is 3. The zero-order chi connectivity index (χ0) is 12.2. The van der Waals surface area contributed by atoms with Gasteiger partial charge in [0, 0.05) is 0 Å². The fraction of sp³-hybridized carbons (Fsp3) is 0.538. The molecule has 16 heavy (non-hydrogen) atoms. The third-order valence-corrected chi connectivity index (χ3v) is 2.27. The van der Waals surface area contributed by atoms with E-state index in [4.69, 9.17) is 16.6 Å². The van der Waals surface area contributed by atoms with Gasteiger partial charge in [0.2, 0.25) is 0 Å². The van der Waals surface area contributed by atoms with Crippen molar-refractivity contribution in [1.82, 2.24) is 0 Å². The SMILES string of the molecule is Cc1ccccc1O.NCCCCCCN. The lowest BCUT2D eigenvalue weighted by molar-refractivity contribution is 0.471. The summed E-state index contributed by atoms with van der Waals surface area (Å²) < 4.78 is 0. The van der Waals surface area contributed by atoms with E-state index >= 15 is 0 Å². The highest BCUT2D eigenvalue weighted by Gasteiger charge is 1.87. The zero-order valence-corrected chi connectivity index (χ0v) is 10.2. The molecule has 0 fully saturated rings. The smallest absolute Gasteiger partial charge is 0.118 e. The summed E-state index contributed by atoms with van der Waals surface area (Å²) in [5, 5.41) is 8.92. The molecule has 0 bridgehead atoms. The standard InChI is InChI=1S/C7H8O.C6H16N2/c1-6-4-2-3-5-7(6)8;7-5-3-1-2-4-6-8/h2-5,8H,1H3;1-8H2. The Morgan fingerprint density at radius 2 is 1.44 bits per heavy atom. The van der Waals surface area contributed by atoms with Crippen LogP contribution in [0.3, 0.4) is 0 Å². The molecule has 3 nitrogen and oxygen atoms in total. The summed E-state index contributed by atoms with van der Waals surface area (Å²) in [6, 6.07) is 7.25. The summed E-state index contributed by atoms with van der Waals surface area (Å²) in [4.78, 5) is 0. The van der Waals surface area contributed by atoms with Crippen LogP contribution in [0.25, 0.3) is 0 Å². The molecular formula is C13H24N2O. The first-order chi connectivity index (χ1) is 7.72. The van der Waals surface area contributed by atoms with Gasteiger partial charge in [-0.1, -0.05) is 31.0 Å². The third kappa shape index (κ3) is 8.26. The Morgan fingerprint density at radius 3 is 1.75 bits per heavy atom. The molecule has 0 saturated heterocycles. The minimum absolute atomic E-state index is 0.368. The van der Waals surface area contributed by atoms with Crippen molar-refractivity contribution in [1.29, 1.82) is 0 Å². The van der Waals surface area contributed by atoms with E-state index in [9.17, 15) is 0 Å². The minimum atomic E-state index is 0.368. The maximum atomic E-state index is 8.92. The molecule has 0 radical (unpaired) electrons. The molecule has 0 aliphatic carbocycles. The molecular weight excluding hydrogens is 200 g/mol. The lowest BCUT2D eigenvalue weighted by Crippen LogP contribution is -2.00. The topological polar surface area (TPSA) is 72.3 Å². The van der Waals surface area contributed by atoms with Crippen LogP contribution >= 0.6 is 0 Å². The van der Waals surface area contributed by atoms with E-state index in [0.717, 1.165) is 31.5 Å². The highest BCUT2D eigenvalue weighted by atomic mass is 16.3. The normalized spacial score (nSPS) is 9.44. The van der Waals surface area contributed by atoms with E-state index in [2.05, 4.69) is 0 Å². The van der Waals surface area contributed by atoms with E-state index in [0.29, 0.717) is 5.75 Å².